The highest BCUT2D eigenvalue weighted by Crippen LogP contribution is 2.20. The molecule has 0 aromatic heterocycles. The highest BCUT2D eigenvalue weighted by Gasteiger charge is 2.18. The number of aliphatic hydroxyl groups is 1. The second-order valence-electron chi connectivity index (χ2n) is 6.23. The maximum absolute atomic E-state index is 12.1. The van der Waals surface area contributed by atoms with E-state index in [1.807, 2.05) is 49.4 Å². The van der Waals surface area contributed by atoms with Gasteiger partial charge >= 0.3 is 11.8 Å². The summed E-state index contributed by atoms with van der Waals surface area (Å²) in [5.74, 6) is -1.44. The zero-order valence-electron chi connectivity index (χ0n) is 14.5. The van der Waals surface area contributed by atoms with E-state index in [2.05, 4.69) is 10.6 Å². The summed E-state index contributed by atoms with van der Waals surface area (Å²) >= 11 is 0. The summed E-state index contributed by atoms with van der Waals surface area (Å²) in [5, 5.41) is 14.9. The van der Waals surface area contributed by atoms with Crippen LogP contribution >= 0.6 is 0 Å². The third-order valence-corrected chi connectivity index (χ3v) is 3.89. The molecule has 0 fully saturated rings. The number of hydrogen-bond donors (Lipinski definition) is 3. The van der Waals surface area contributed by atoms with Crippen molar-refractivity contribution in [3.05, 3.63) is 65.7 Å². The largest absolute Gasteiger partial charge is 0.393 e. The minimum atomic E-state index is -0.700. The van der Waals surface area contributed by atoms with E-state index >= 15 is 0 Å². The van der Waals surface area contributed by atoms with E-state index in [0.29, 0.717) is 12.1 Å². The fourth-order valence-electron chi connectivity index (χ4n) is 2.68. The fourth-order valence-corrected chi connectivity index (χ4v) is 2.68. The number of carbonyl (C=O) groups excluding carboxylic acids is 2. The Hall–Kier alpha value is -2.66. The lowest BCUT2D eigenvalue weighted by atomic mass is 9.93. The van der Waals surface area contributed by atoms with E-state index in [1.165, 1.54) is 0 Å². The number of aryl methyl sites for hydroxylation is 1. The van der Waals surface area contributed by atoms with Gasteiger partial charge in [-0.25, -0.2) is 0 Å². The Morgan fingerprint density at radius 1 is 1.04 bits per heavy atom. The molecule has 3 N–H and O–H groups in total. The van der Waals surface area contributed by atoms with Crippen LogP contribution in [0.25, 0.3) is 0 Å². The number of anilines is 1. The highest BCUT2D eigenvalue weighted by atomic mass is 16.3. The molecule has 2 aromatic carbocycles. The summed E-state index contributed by atoms with van der Waals surface area (Å²) in [6.07, 6.45) is 0.00675. The van der Waals surface area contributed by atoms with Crippen molar-refractivity contribution in [3.63, 3.8) is 0 Å². The van der Waals surface area contributed by atoms with Crippen LogP contribution in [0.1, 0.15) is 30.4 Å². The first-order valence-corrected chi connectivity index (χ1v) is 8.34. The van der Waals surface area contributed by atoms with Crippen LogP contribution in [-0.4, -0.2) is 29.6 Å². The highest BCUT2D eigenvalue weighted by molar-refractivity contribution is 6.39. The molecule has 2 amide bonds. The van der Waals surface area contributed by atoms with Crippen LogP contribution in [0.4, 0.5) is 5.69 Å². The van der Waals surface area contributed by atoms with Crippen LogP contribution in [0.15, 0.2) is 54.6 Å². The number of rotatable bonds is 6. The van der Waals surface area contributed by atoms with Gasteiger partial charge in [-0.05, 0) is 43.5 Å². The molecule has 2 atom stereocenters. The summed E-state index contributed by atoms with van der Waals surface area (Å²) in [4.78, 5) is 24.1. The zero-order chi connectivity index (χ0) is 18.2. The number of benzene rings is 2. The molecular formula is C20H24N2O3. The molecule has 0 saturated carbocycles. The van der Waals surface area contributed by atoms with Crippen LogP contribution in [0.3, 0.4) is 0 Å². The van der Waals surface area contributed by atoms with Gasteiger partial charge < -0.3 is 15.7 Å². The van der Waals surface area contributed by atoms with Crippen molar-refractivity contribution in [1.82, 2.24) is 5.32 Å². The maximum atomic E-state index is 12.1. The molecule has 2 rings (SSSR count). The third-order valence-electron chi connectivity index (χ3n) is 3.89. The third kappa shape index (κ3) is 6.04. The van der Waals surface area contributed by atoms with Gasteiger partial charge in [-0.2, -0.15) is 0 Å². The molecule has 25 heavy (non-hydrogen) atoms. The van der Waals surface area contributed by atoms with Crippen molar-refractivity contribution in [2.24, 2.45) is 0 Å². The average Bonchev–Trinajstić information content (AvgIpc) is 2.58. The Morgan fingerprint density at radius 3 is 2.40 bits per heavy atom. The Morgan fingerprint density at radius 2 is 1.76 bits per heavy atom. The first-order chi connectivity index (χ1) is 12.0. The molecule has 0 radical (unpaired) electrons. The normalized spacial score (nSPS) is 12.9. The SMILES string of the molecule is Cc1cccc(NC(=O)C(=O)NCC(CC(C)O)c2ccccc2)c1. The average molecular weight is 340 g/mol. The van der Waals surface area contributed by atoms with Crippen LogP contribution in [0.2, 0.25) is 0 Å². The molecule has 0 aliphatic heterocycles. The van der Waals surface area contributed by atoms with Gasteiger partial charge in [0.25, 0.3) is 0 Å². The second kappa shape index (κ2) is 8.99. The van der Waals surface area contributed by atoms with Crippen molar-refractivity contribution in [3.8, 4) is 0 Å². The Balaban J connectivity index is 1.94. The molecular weight excluding hydrogens is 316 g/mol. The number of carbonyl (C=O) groups is 2. The molecule has 0 spiro atoms. The number of amides is 2. The first-order valence-electron chi connectivity index (χ1n) is 8.34. The molecule has 0 aliphatic carbocycles. The molecule has 0 heterocycles. The van der Waals surface area contributed by atoms with Gasteiger partial charge in [-0.3, -0.25) is 9.59 Å². The van der Waals surface area contributed by atoms with Crippen molar-refractivity contribution in [1.29, 1.82) is 0 Å². The lowest BCUT2D eigenvalue weighted by Crippen LogP contribution is -2.38. The minimum Gasteiger partial charge on any atom is -0.393 e. The first kappa shape index (κ1) is 18.7. The molecule has 2 unspecified atom stereocenters. The topological polar surface area (TPSA) is 78.4 Å². The lowest BCUT2D eigenvalue weighted by Gasteiger charge is -2.19. The molecule has 0 saturated heterocycles. The molecule has 0 bridgehead atoms. The Kier molecular flexibility index (Phi) is 6.71. The summed E-state index contributed by atoms with van der Waals surface area (Å²) in [6.45, 7) is 3.91. The smallest absolute Gasteiger partial charge is 0.313 e. The van der Waals surface area contributed by atoms with E-state index in [4.69, 9.17) is 0 Å². The van der Waals surface area contributed by atoms with Crippen molar-refractivity contribution >= 4 is 17.5 Å². The van der Waals surface area contributed by atoms with Crippen molar-refractivity contribution in [2.45, 2.75) is 32.3 Å². The minimum absolute atomic E-state index is 0.0584. The summed E-state index contributed by atoms with van der Waals surface area (Å²) < 4.78 is 0. The van der Waals surface area contributed by atoms with Crippen LogP contribution in [-0.2, 0) is 9.59 Å². The van der Waals surface area contributed by atoms with Crippen LogP contribution < -0.4 is 10.6 Å². The van der Waals surface area contributed by atoms with Gasteiger partial charge in [0, 0.05) is 18.2 Å². The predicted octanol–water partition coefficient (Wildman–Crippen LogP) is 2.60. The molecule has 0 aliphatic rings. The van der Waals surface area contributed by atoms with E-state index < -0.39 is 17.9 Å². The fraction of sp³-hybridized carbons (Fsp3) is 0.300. The van der Waals surface area contributed by atoms with Gasteiger partial charge in [-0.15, -0.1) is 0 Å². The summed E-state index contributed by atoms with van der Waals surface area (Å²) in [6, 6.07) is 16.9. The van der Waals surface area contributed by atoms with Crippen molar-refractivity contribution in [2.75, 3.05) is 11.9 Å². The molecule has 5 nitrogen and oxygen atoms in total. The summed E-state index contributed by atoms with van der Waals surface area (Å²) in [7, 11) is 0. The quantitative estimate of drug-likeness (QED) is 0.707. The van der Waals surface area contributed by atoms with Crippen LogP contribution in [0.5, 0.6) is 0 Å². The molecule has 132 valence electrons. The van der Waals surface area contributed by atoms with Crippen LogP contribution in [0, 0.1) is 6.92 Å². The van der Waals surface area contributed by atoms with Crippen molar-refractivity contribution < 1.29 is 14.7 Å². The van der Waals surface area contributed by atoms with Gasteiger partial charge in [0.15, 0.2) is 0 Å². The molecule has 5 heteroatoms. The van der Waals surface area contributed by atoms with E-state index in [1.54, 1.807) is 19.1 Å². The Bertz CT molecular complexity index is 714. The monoisotopic (exact) mass is 340 g/mol. The van der Waals surface area contributed by atoms with Gasteiger partial charge in [0.05, 0.1) is 6.10 Å². The molecule has 2 aromatic rings. The van der Waals surface area contributed by atoms with Gasteiger partial charge in [0.2, 0.25) is 0 Å². The van der Waals surface area contributed by atoms with Gasteiger partial charge in [-0.1, -0.05) is 42.5 Å². The predicted molar refractivity (Wildman–Crippen MR) is 98.3 cm³/mol. The lowest BCUT2D eigenvalue weighted by molar-refractivity contribution is -0.136. The standard InChI is InChI=1S/C20H24N2O3/c1-14-7-6-10-18(11-14)22-20(25)19(24)21-13-17(12-15(2)23)16-8-4-3-5-9-16/h3-11,15,17,23H,12-13H2,1-2H3,(H,21,24)(H,22,25). The summed E-state index contributed by atoms with van der Waals surface area (Å²) in [5.41, 5.74) is 2.60. The zero-order valence-corrected chi connectivity index (χ0v) is 14.5. The number of nitrogens with one attached hydrogen (secondary N) is 2. The van der Waals surface area contributed by atoms with E-state index in [-0.39, 0.29) is 12.5 Å². The maximum Gasteiger partial charge on any atom is 0.313 e. The van der Waals surface area contributed by atoms with E-state index in [0.717, 1.165) is 11.1 Å². The number of aliphatic hydroxyl groups excluding tert-OH is 1. The Labute approximate surface area is 148 Å². The van der Waals surface area contributed by atoms with E-state index in [9.17, 15) is 14.7 Å². The number of hydrogen-bond acceptors (Lipinski definition) is 3. The second-order valence-corrected chi connectivity index (χ2v) is 6.23. The van der Waals surface area contributed by atoms with Gasteiger partial charge in [0.1, 0.15) is 0 Å².